The number of aliphatic hydroxyl groups is 1. The Morgan fingerprint density at radius 2 is 1.14 bits per heavy atom. The monoisotopic (exact) mass is 692 g/mol. The average Bonchev–Trinajstić information content (AvgIpc) is 3.09. The first-order valence-corrected chi connectivity index (χ1v) is 19.0. The molecule has 8 heteroatoms. The van der Waals surface area contributed by atoms with Gasteiger partial charge in [0.15, 0.2) is 0 Å². The van der Waals surface area contributed by atoms with Crippen molar-refractivity contribution >= 4 is 21.9 Å². The Kier molecular flexibility index (Phi) is 17.4. The molecule has 0 bridgehead atoms. The Morgan fingerprint density at radius 1 is 0.680 bits per heavy atom. The molecule has 0 radical (unpaired) electrons. The molecule has 0 atom stereocenters. The van der Waals surface area contributed by atoms with E-state index in [-0.39, 0.29) is 28.8 Å². The van der Waals surface area contributed by atoms with Crippen LogP contribution in [0.4, 0.5) is 0 Å². The fourth-order valence-electron chi connectivity index (χ4n) is 6.40. The van der Waals surface area contributed by atoms with Crippen LogP contribution >= 0.6 is 0 Å². The molecule has 0 spiro atoms. The fourth-order valence-corrected chi connectivity index (χ4v) is 6.40. The zero-order valence-electron chi connectivity index (χ0n) is 32.3. The molecule has 8 nitrogen and oxygen atoms in total. The van der Waals surface area contributed by atoms with Gasteiger partial charge in [-0.25, -0.2) is 0 Å². The van der Waals surface area contributed by atoms with Gasteiger partial charge in [0.05, 0.1) is 25.2 Å². The highest BCUT2D eigenvalue weighted by Crippen LogP contribution is 2.39. The molecular formula is C42H64N2O6. The predicted octanol–water partition coefficient (Wildman–Crippen LogP) is 8.94. The Hall–Kier alpha value is -3.33. The maximum absolute atomic E-state index is 14.4. The van der Waals surface area contributed by atoms with E-state index in [4.69, 9.17) is 13.9 Å². The van der Waals surface area contributed by atoms with Gasteiger partial charge in [-0.05, 0) is 124 Å². The summed E-state index contributed by atoms with van der Waals surface area (Å²) in [6.07, 6.45) is 11.0. The largest absolute Gasteiger partial charge is 0.507 e. The van der Waals surface area contributed by atoms with E-state index in [9.17, 15) is 15.0 Å². The Balaban J connectivity index is 2.04. The molecule has 2 N–H and O–H groups in total. The van der Waals surface area contributed by atoms with Gasteiger partial charge in [0.25, 0.3) is 0 Å². The number of phenols is 1. The molecule has 3 rings (SSSR count). The molecular weight excluding hydrogens is 628 g/mol. The number of ether oxygens (including phenoxy) is 2. The Bertz CT molecular complexity index is 1620. The molecule has 2 aromatic carbocycles. The summed E-state index contributed by atoms with van der Waals surface area (Å²) in [7, 11) is 0. The molecule has 0 aliphatic carbocycles. The lowest BCUT2D eigenvalue weighted by molar-refractivity contribution is 0.255. The van der Waals surface area contributed by atoms with Crippen molar-refractivity contribution in [1.82, 2.24) is 9.80 Å². The van der Waals surface area contributed by atoms with Crippen molar-refractivity contribution < 1.29 is 24.1 Å². The van der Waals surface area contributed by atoms with E-state index in [1.807, 2.05) is 39.8 Å². The van der Waals surface area contributed by atoms with E-state index in [0.717, 1.165) is 88.9 Å². The lowest BCUT2D eigenvalue weighted by Gasteiger charge is -2.19. The van der Waals surface area contributed by atoms with Gasteiger partial charge in [-0.2, -0.15) is 0 Å². The molecule has 0 aliphatic rings. The number of unbranched alkanes of at least 4 members (excludes halogenated alkanes) is 4. The third-order valence-corrected chi connectivity index (χ3v) is 9.60. The maximum atomic E-state index is 14.4. The zero-order chi connectivity index (χ0) is 36.6. The summed E-state index contributed by atoms with van der Waals surface area (Å²) in [6, 6.07) is 3.49. The number of nitrogens with zero attached hydrogens (tertiary/aromatic N) is 2. The third-order valence-electron chi connectivity index (χ3n) is 9.60. The maximum Gasteiger partial charge on any atom is 0.204 e. The fraction of sp³-hybridized carbons (Fsp3) is 0.595. The highest BCUT2D eigenvalue weighted by molar-refractivity contribution is 5.97. The van der Waals surface area contributed by atoms with Crippen LogP contribution in [0.25, 0.3) is 21.9 Å². The minimum absolute atomic E-state index is 0.115. The van der Waals surface area contributed by atoms with Crippen LogP contribution < -0.4 is 14.9 Å². The first-order chi connectivity index (χ1) is 24.1. The lowest BCUT2D eigenvalue weighted by atomic mass is 9.95. The van der Waals surface area contributed by atoms with Crippen LogP contribution in [-0.2, 0) is 19.4 Å². The van der Waals surface area contributed by atoms with Crippen molar-refractivity contribution in [3.63, 3.8) is 0 Å². The summed E-state index contributed by atoms with van der Waals surface area (Å²) in [5, 5.41) is 22.8. The van der Waals surface area contributed by atoms with Gasteiger partial charge < -0.3 is 33.9 Å². The van der Waals surface area contributed by atoms with Crippen molar-refractivity contribution in [3.05, 3.63) is 62.3 Å². The molecule has 0 unspecified atom stereocenters. The van der Waals surface area contributed by atoms with Gasteiger partial charge in [0, 0.05) is 23.3 Å². The zero-order valence-corrected chi connectivity index (χ0v) is 32.3. The predicted molar refractivity (Wildman–Crippen MR) is 208 cm³/mol. The number of allylic oxidation sites excluding steroid dienone is 4. The number of benzene rings is 2. The van der Waals surface area contributed by atoms with E-state index in [1.54, 1.807) is 12.1 Å². The summed E-state index contributed by atoms with van der Waals surface area (Å²) < 4.78 is 19.1. The lowest BCUT2D eigenvalue weighted by Crippen LogP contribution is -2.23. The Labute approximate surface area is 300 Å². The van der Waals surface area contributed by atoms with Crippen LogP contribution in [0.3, 0.4) is 0 Å². The van der Waals surface area contributed by atoms with Crippen molar-refractivity contribution in [2.24, 2.45) is 0 Å². The minimum atomic E-state index is -0.324. The highest BCUT2D eigenvalue weighted by atomic mass is 16.5. The van der Waals surface area contributed by atoms with E-state index in [0.29, 0.717) is 65.2 Å². The van der Waals surface area contributed by atoms with Gasteiger partial charge in [0.1, 0.15) is 33.8 Å². The van der Waals surface area contributed by atoms with Crippen LogP contribution in [0.1, 0.15) is 111 Å². The number of phenolic OH excluding ortho intramolecular Hbond substituents is 1. The molecule has 0 fully saturated rings. The molecule has 0 amide bonds. The van der Waals surface area contributed by atoms with Crippen LogP contribution in [0.2, 0.25) is 0 Å². The Morgan fingerprint density at radius 3 is 1.60 bits per heavy atom. The molecule has 278 valence electrons. The van der Waals surface area contributed by atoms with Crippen molar-refractivity contribution in [2.75, 3.05) is 52.5 Å². The second-order valence-electron chi connectivity index (χ2n) is 13.7. The average molecular weight is 693 g/mol. The van der Waals surface area contributed by atoms with E-state index >= 15 is 0 Å². The van der Waals surface area contributed by atoms with Crippen molar-refractivity contribution in [2.45, 2.75) is 113 Å². The molecule has 0 saturated carbocycles. The number of aliphatic hydroxyl groups excluding tert-OH is 1. The first-order valence-electron chi connectivity index (χ1n) is 19.0. The third kappa shape index (κ3) is 11.3. The molecule has 0 aliphatic heterocycles. The number of fused-ring (bicyclic) bond motifs is 2. The molecule has 50 heavy (non-hydrogen) atoms. The number of hydrogen-bond acceptors (Lipinski definition) is 8. The van der Waals surface area contributed by atoms with Crippen LogP contribution in [0.5, 0.6) is 17.2 Å². The van der Waals surface area contributed by atoms with Gasteiger partial charge >= 0.3 is 0 Å². The van der Waals surface area contributed by atoms with Gasteiger partial charge in [-0.1, -0.05) is 51.0 Å². The van der Waals surface area contributed by atoms with E-state index in [2.05, 4.69) is 37.5 Å². The molecule has 0 saturated heterocycles. The summed E-state index contributed by atoms with van der Waals surface area (Å²) in [6.45, 7) is 23.9. The quantitative estimate of drug-likeness (QED) is 0.0578. The molecule has 3 aromatic rings. The topological polar surface area (TPSA) is 95.6 Å². The summed E-state index contributed by atoms with van der Waals surface area (Å²) in [5.41, 5.74) is 4.32. The number of rotatable bonds is 23. The normalized spacial score (nSPS) is 11.6. The second kappa shape index (κ2) is 21.1. The summed E-state index contributed by atoms with van der Waals surface area (Å²) in [4.78, 5) is 19.2. The second-order valence-corrected chi connectivity index (χ2v) is 13.7. The van der Waals surface area contributed by atoms with Gasteiger partial charge in [-0.3, -0.25) is 4.79 Å². The van der Waals surface area contributed by atoms with E-state index in [1.165, 1.54) is 0 Å². The SMILES string of the molecule is CCN(CC)CCCCCOc1cc2oc3cc(OCCCCCN(CC)CC)c(CO)c(CC=C(C)C)c3c(=O)c2c(O)c1CC=C(C)C. The molecule has 1 aromatic heterocycles. The van der Waals surface area contributed by atoms with Crippen LogP contribution in [0.15, 0.2) is 44.6 Å². The number of aromatic hydroxyl groups is 1. The first kappa shape index (κ1) is 41.1. The minimum Gasteiger partial charge on any atom is -0.507 e. The van der Waals surface area contributed by atoms with Crippen LogP contribution in [0, 0.1) is 0 Å². The van der Waals surface area contributed by atoms with Crippen molar-refractivity contribution in [1.29, 1.82) is 0 Å². The van der Waals surface area contributed by atoms with E-state index < -0.39 is 0 Å². The summed E-state index contributed by atoms with van der Waals surface area (Å²) >= 11 is 0. The summed E-state index contributed by atoms with van der Waals surface area (Å²) in [5.74, 6) is 0.932. The number of hydrogen-bond donors (Lipinski definition) is 2. The van der Waals surface area contributed by atoms with Crippen LogP contribution in [-0.4, -0.2) is 72.5 Å². The molecule has 1 heterocycles. The van der Waals surface area contributed by atoms with Gasteiger partial charge in [0.2, 0.25) is 5.43 Å². The highest BCUT2D eigenvalue weighted by Gasteiger charge is 2.24. The standard InChI is InChI=1S/C42H64N2O6/c1-9-43(10-2)23-15-13-17-25-48-35-27-38-40(41(46)33(35)22-20-31(7)8)42(47)39-32(21-19-30(5)6)34(29-45)36(28-37(39)50-38)49-26-18-14-16-24-44(11-3)12-4/h19-20,27-28,45-46H,9-18,21-26,29H2,1-8H3. The van der Waals surface area contributed by atoms with Gasteiger partial charge in [-0.15, -0.1) is 0 Å². The van der Waals surface area contributed by atoms with Crippen molar-refractivity contribution in [3.8, 4) is 17.2 Å². The smallest absolute Gasteiger partial charge is 0.204 e.